The van der Waals surface area contributed by atoms with Gasteiger partial charge in [0.25, 0.3) is 5.91 Å². The fraction of sp³-hybridized carbons (Fsp3) is 0.545. The van der Waals surface area contributed by atoms with E-state index in [-0.39, 0.29) is 23.2 Å². The van der Waals surface area contributed by atoms with Gasteiger partial charge in [-0.1, -0.05) is 0 Å². The summed E-state index contributed by atoms with van der Waals surface area (Å²) in [6.07, 6.45) is 0.733. The van der Waals surface area contributed by atoms with Gasteiger partial charge in [0.1, 0.15) is 5.69 Å². The molecule has 0 aromatic carbocycles. The lowest BCUT2D eigenvalue weighted by molar-refractivity contribution is 0.0526. The van der Waals surface area contributed by atoms with Crippen LogP contribution in [0.3, 0.4) is 0 Å². The average molecular weight is 272 g/mol. The lowest BCUT2D eigenvalue weighted by atomic mass is 10.4. The summed E-state index contributed by atoms with van der Waals surface area (Å²) in [7, 11) is 1.61. The first-order chi connectivity index (χ1) is 8.69. The third-order valence-electron chi connectivity index (χ3n) is 2.00. The van der Waals surface area contributed by atoms with Gasteiger partial charge >= 0.3 is 5.97 Å². The van der Waals surface area contributed by atoms with Gasteiger partial charge in [0.2, 0.25) is 5.01 Å². The molecule has 100 valence electrons. The number of thiazole rings is 1. The maximum Gasteiger partial charge on any atom is 0.367 e. The van der Waals surface area contributed by atoms with Crippen molar-refractivity contribution in [2.24, 2.45) is 0 Å². The highest BCUT2D eigenvalue weighted by Crippen LogP contribution is 2.11. The second-order valence-corrected chi connectivity index (χ2v) is 4.22. The molecule has 1 heterocycles. The number of carbonyl (C=O) groups excluding carboxylic acids is 2. The van der Waals surface area contributed by atoms with Crippen LogP contribution in [0, 0.1) is 0 Å². The van der Waals surface area contributed by atoms with Crippen molar-refractivity contribution in [2.45, 2.75) is 13.3 Å². The predicted octanol–water partition coefficient (Wildman–Crippen LogP) is 1.09. The summed E-state index contributed by atoms with van der Waals surface area (Å²) in [5.74, 6) is -0.793. The van der Waals surface area contributed by atoms with Crippen molar-refractivity contribution in [2.75, 3.05) is 26.9 Å². The molecule has 0 fully saturated rings. The van der Waals surface area contributed by atoms with Crippen molar-refractivity contribution in [1.82, 2.24) is 10.3 Å². The highest BCUT2D eigenvalue weighted by atomic mass is 32.1. The second kappa shape index (κ2) is 7.78. The molecule has 1 amide bonds. The zero-order valence-electron chi connectivity index (χ0n) is 10.4. The minimum Gasteiger partial charge on any atom is -0.461 e. The molecule has 18 heavy (non-hydrogen) atoms. The first-order valence-electron chi connectivity index (χ1n) is 5.58. The molecule has 1 aromatic heterocycles. The van der Waals surface area contributed by atoms with E-state index < -0.39 is 5.97 Å². The van der Waals surface area contributed by atoms with E-state index in [2.05, 4.69) is 10.3 Å². The Labute approximate surface area is 109 Å². The number of amides is 1. The first kappa shape index (κ1) is 14.6. The first-order valence-corrected chi connectivity index (χ1v) is 6.46. The summed E-state index contributed by atoms with van der Waals surface area (Å²) in [6, 6.07) is 0. The maximum atomic E-state index is 11.6. The van der Waals surface area contributed by atoms with Crippen LogP contribution in [0.2, 0.25) is 0 Å². The molecule has 0 saturated heterocycles. The normalized spacial score (nSPS) is 10.1. The van der Waals surface area contributed by atoms with E-state index in [1.54, 1.807) is 14.0 Å². The van der Waals surface area contributed by atoms with E-state index >= 15 is 0 Å². The summed E-state index contributed by atoms with van der Waals surface area (Å²) < 4.78 is 9.66. The molecule has 0 saturated carbocycles. The molecule has 0 atom stereocenters. The van der Waals surface area contributed by atoms with Crippen LogP contribution in [0.25, 0.3) is 0 Å². The smallest absolute Gasteiger partial charge is 0.367 e. The number of esters is 1. The number of nitrogens with one attached hydrogen (secondary N) is 1. The van der Waals surface area contributed by atoms with Gasteiger partial charge in [-0.25, -0.2) is 9.78 Å². The third-order valence-corrected chi connectivity index (χ3v) is 2.82. The van der Waals surface area contributed by atoms with Gasteiger partial charge in [-0.2, -0.15) is 0 Å². The van der Waals surface area contributed by atoms with Crippen LogP contribution in [0.4, 0.5) is 0 Å². The minimum atomic E-state index is -0.499. The van der Waals surface area contributed by atoms with Crippen molar-refractivity contribution in [3.63, 3.8) is 0 Å². The number of nitrogens with zero attached hydrogens (tertiary/aromatic N) is 1. The molecular formula is C11H16N2O4S. The minimum absolute atomic E-state index is 0.193. The number of rotatable bonds is 7. The Kier molecular flexibility index (Phi) is 6.31. The van der Waals surface area contributed by atoms with Gasteiger partial charge in [-0.05, 0) is 13.3 Å². The molecule has 0 unspecified atom stereocenters. The van der Waals surface area contributed by atoms with Crippen LogP contribution in [-0.2, 0) is 9.47 Å². The molecule has 7 heteroatoms. The number of ether oxygens (including phenoxy) is 2. The van der Waals surface area contributed by atoms with E-state index in [4.69, 9.17) is 9.47 Å². The molecule has 1 rings (SSSR count). The summed E-state index contributed by atoms with van der Waals surface area (Å²) in [4.78, 5) is 26.9. The monoisotopic (exact) mass is 272 g/mol. The summed E-state index contributed by atoms with van der Waals surface area (Å²) in [6.45, 7) is 3.11. The largest absolute Gasteiger partial charge is 0.461 e. The average Bonchev–Trinajstić information content (AvgIpc) is 2.84. The predicted molar refractivity (Wildman–Crippen MR) is 66.9 cm³/mol. The Morgan fingerprint density at radius 3 is 2.94 bits per heavy atom. The van der Waals surface area contributed by atoms with Crippen molar-refractivity contribution < 1.29 is 19.1 Å². The van der Waals surface area contributed by atoms with E-state index in [0.717, 1.165) is 17.8 Å². The third kappa shape index (κ3) is 4.42. The fourth-order valence-electron chi connectivity index (χ4n) is 1.17. The van der Waals surface area contributed by atoms with Crippen LogP contribution in [0.1, 0.15) is 33.6 Å². The number of methoxy groups -OCH3 is 1. The van der Waals surface area contributed by atoms with Gasteiger partial charge in [0.15, 0.2) is 0 Å². The van der Waals surface area contributed by atoms with Gasteiger partial charge in [0.05, 0.1) is 6.61 Å². The Hall–Kier alpha value is -1.47. The Balaban J connectivity index is 2.46. The van der Waals surface area contributed by atoms with Crippen LogP contribution in [0.15, 0.2) is 5.38 Å². The molecule has 0 spiro atoms. The van der Waals surface area contributed by atoms with Gasteiger partial charge in [0, 0.05) is 25.6 Å². The number of carbonyl (C=O) groups is 2. The highest BCUT2D eigenvalue weighted by Gasteiger charge is 2.15. The second-order valence-electron chi connectivity index (χ2n) is 3.36. The van der Waals surface area contributed by atoms with Gasteiger partial charge in [-0.15, -0.1) is 11.3 Å². The lowest BCUT2D eigenvalue weighted by Gasteiger charge is -2.01. The van der Waals surface area contributed by atoms with E-state index in [1.165, 1.54) is 5.38 Å². The van der Waals surface area contributed by atoms with Crippen molar-refractivity contribution in [3.05, 3.63) is 16.1 Å². The molecular weight excluding hydrogens is 256 g/mol. The standard InChI is InChI=1S/C11H16N2O4S/c1-3-17-11(15)10-13-8(7-18-10)9(14)12-5-4-6-16-2/h7H,3-6H2,1-2H3,(H,12,14). The van der Waals surface area contributed by atoms with Crippen LogP contribution in [-0.4, -0.2) is 43.7 Å². The quantitative estimate of drug-likeness (QED) is 0.594. The molecule has 0 bridgehead atoms. The van der Waals surface area contributed by atoms with Crippen LogP contribution in [0.5, 0.6) is 0 Å². The summed E-state index contributed by atoms with van der Waals surface area (Å²) in [5, 5.41) is 4.42. The topological polar surface area (TPSA) is 77.5 Å². The van der Waals surface area contributed by atoms with E-state index in [0.29, 0.717) is 13.2 Å². The number of aromatic nitrogens is 1. The van der Waals surface area contributed by atoms with Crippen molar-refractivity contribution >= 4 is 23.2 Å². The zero-order valence-corrected chi connectivity index (χ0v) is 11.2. The Bertz CT molecular complexity index is 406. The van der Waals surface area contributed by atoms with Gasteiger partial charge in [-0.3, -0.25) is 4.79 Å². The van der Waals surface area contributed by atoms with E-state index in [9.17, 15) is 9.59 Å². The molecule has 0 aliphatic rings. The van der Waals surface area contributed by atoms with Crippen molar-refractivity contribution in [3.8, 4) is 0 Å². The van der Waals surface area contributed by atoms with Crippen LogP contribution >= 0.6 is 11.3 Å². The highest BCUT2D eigenvalue weighted by molar-refractivity contribution is 7.11. The molecule has 0 radical (unpaired) electrons. The Morgan fingerprint density at radius 2 is 2.28 bits per heavy atom. The molecule has 0 aliphatic heterocycles. The lowest BCUT2D eigenvalue weighted by Crippen LogP contribution is -2.25. The number of hydrogen-bond donors (Lipinski definition) is 1. The van der Waals surface area contributed by atoms with Crippen LogP contribution < -0.4 is 5.32 Å². The SMILES string of the molecule is CCOC(=O)c1nc(C(=O)NCCCOC)cs1. The van der Waals surface area contributed by atoms with Gasteiger partial charge < -0.3 is 14.8 Å². The molecule has 0 aliphatic carbocycles. The molecule has 6 nitrogen and oxygen atoms in total. The number of hydrogen-bond acceptors (Lipinski definition) is 6. The fourth-order valence-corrected chi connectivity index (χ4v) is 1.86. The van der Waals surface area contributed by atoms with E-state index in [1.807, 2.05) is 0 Å². The molecule has 1 aromatic rings. The zero-order chi connectivity index (χ0) is 13.4. The Morgan fingerprint density at radius 1 is 1.50 bits per heavy atom. The van der Waals surface area contributed by atoms with Crippen molar-refractivity contribution in [1.29, 1.82) is 0 Å². The summed E-state index contributed by atoms with van der Waals surface area (Å²) >= 11 is 1.10. The molecule has 1 N–H and O–H groups in total. The maximum absolute atomic E-state index is 11.6. The summed E-state index contributed by atoms with van der Waals surface area (Å²) in [5.41, 5.74) is 0.237.